The zero-order chi connectivity index (χ0) is 11.3. The predicted octanol–water partition coefficient (Wildman–Crippen LogP) is 2.18. The summed E-state index contributed by atoms with van der Waals surface area (Å²) in [5.74, 6) is -0.376. The average molecular weight is 212 g/mol. The Morgan fingerprint density at radius 2 is 2.20 bits per heavy atom. The summed E-state index contributed by atoms with van der Waals surface area (Å²) in [7, 11) is 1.47. The van der Waals surface area contributed by atoms with Gasteiger partial charge in [0.2, 0.25) is 0 Å². The molecular weight excluding hydrogens is 199 g/mol. The number of ether oxygens (including phenoxy) is 2. The molecular formula is C11H13FO3. The second-order valence-corrected chi connectivity index (χ2v) is 2.98. The van der Waals surface area contributed by atoms with Crippen LogP contribution < -0.4 is 4.74 Å². The zero-order valence-electron chi connectivity index (χ0n) is 8.75. The molecule has 4 heteroatoms. The van der Waals surface area contributed by atoms with Gasteiger partial charge in [0.15, 0.2) is 11.6 Å². The molecule has 0 aliphatic carbocycles. The first-order valence-electron chi connectivity index (χ1n) is 4.62. The number of carbonyl (C=O) groups excluding carboxylic acids is 1. The molecule has 0 fully saturated rings. The summed E-state index contributed by atoms with van der Waals surface area (Å²) in [4.78, 5) is 10.6. The van der Waals surface area contributed by atoms with E-state index in [2.05, 4.69) is 0 Å². The maximum absolute atomic E-state index is 13.6. The Morgan fingerprint density at radius 3 is 2.73 bits per heavy atom. The number of rotatable bonds is 5. The van der Waals surface area contributed by atoms with Gasteiger partial charge in [-0.2, -0.15) is 0 Å². The molecule has 0 aliphatic rings. The number of halogens is 1. The van der Waals surface area contributed by atoms with Gasteiger partial charge in [-0.15, -0.1) is 0 Å². The van der Waals surface area contributed by atoms with Gasteiger partial charge in [-0.25, -0.2) is 4.39 Å². The fourth-order valence-corrected chi connectivity index (χ4v) is 1.27. The summed E-state index contributed by atoms with van der Waals surface area (Å²) in [5.41, 5.74) is 0.706. The van der Waals surface area contributed by atoms with Gasteiger partial charge in [-0.05, 0) is 19.1 Å². The minimum Gasteiger partial charge on any atom is -0.491 e. The van der Waals surface area contributed by atoms with E-state index in [0.717, 1.165) is 0 Å². The molecule has 0 unspecified atom stereocenters. The molecule has 0 radical (unpaired) electrons. The van der Waals surface area contributed by atoms with E-state index in [0.29, 0.717) is 24.0 Å². The molecule has 82 valence electrons. The van der Waals surface area contributed by atoms with Crippen LogP contribution in [0, 0.1) is 5.82 Å². The van der Waals surface area contributed by atoms with Crippen molar-refractivity contribution in [1.29, 1.82) is 0 Å². The highest BCUT2D eigenvalue weighted by atomic mass is 19.1. The number of carbonyl (C=O) groups is 1. The van der Waals surface area contributed by atoms with Crippen LogP contribution in [0.5, 0.6) is 5.75 Å². The highest BCUT2D eigenvalue weighted by Crippen LogP contribution is 2.23. The van der Waals surface area contributed by atoms with E-state index in [-0.39, 0.29) is 12.4 Å². The van der Waals surface area contributed by atoms with Crippen molar-refractivity contribution < 1.29 is 18.7 Å². The van der Waals surface area contributed by atoms with Crippen LogP contribution in [0.2, 0.25) is 0 Å². The average Bonchev–Trinajstić information content (AvgIpc) is 2.24. The van der Waals surface area contributed by atoms with E-state index in [1.165, 1.54) is 19.2 Å². The van der Waals surface area contributed by atoms with E-state index in [1.807, 2.05) is 0 Å². The van der Waals surface area contributed by atoms with Crippen LogP contribution >= 0.6 is 0 Å². The molecule has 0 aliphatic heterocycles. The molecule has 3 nitrogen and oxygen atoms in total. The number of aldehydes is 1. The van der Waals surface area contributed by atoms with Crippen molar-refractivity contribution in [2.75, 3.05) is 13.7 Å². The molecule has 0 saturated carbocycles. The molecule has 1 aromatic rings. The Labute approximate surface area is 87.8 Å². The van der Waals surface area contributed by atoms with E-state index >= 15 is 0 Å². The Hall–Kier alpha value is -1.42. The molecule has 15 heavy (non-hydrogen) atoms. The zero-order valence-corrected chi connectivity index (χ0v) is 8.75. The summed E-state index contributed by atoms with van der Waals surface area (Å²) >= 11 is 0. The molecule has 0 amide bonds. The molecule has 0 N–H and O–H groups in total. The topological polar surface area (TPSA) is 35.5 Å². The van der Waals surface area contributed by atoms with Gasteiger partial charge in [0, 0.05) is 18.2 Å². The summed E-state index contributed by atoms with van der Waals surface area (Å²) < 4.78 is 23.5. The number of hydrogen-bond donors (Lipinski definition) is 0. The standard InChI is InChI=1S/C11H13FO3/c1-3-15-10-5-8(6-13)4-9(7-14-2)11(10)12/h4-6H,3,7H2,1-2H3. The third-order valence-electron chi connectivity index (χ3n) is 1.87. The largest absolute Gasteiger partial charge is 0.491 e. The maximum atomic E-state index is 13.6. The SMILES string of the molecule is CCOc1cc(C=O)cc(COC)c1F. The fourth-order valence-electron chi connectivity index (χ4n) is 1.27. The van der Waals surface area contributed by atoms with Crippen LogP contribution in [0.15, 0.2) is 12.1 Å². The van der Waals surface area contributed by atoms with Gasteiger partial charge in [0.25, 0.3) is 0 Å². The molecule has 1 aromatic carbocycles. The van der Waals surface area contributed by atoms with Gasteiger partial charge < -0.3 is 9.47 Å². The molecule has 0 heterocycles. The Balaban J connectivity index is 3.14. The van der Waals surface area contributed by atoms with Crippen LogP contribution in [0.3, 0.4) is 0 Å². The normalized spacial score (nSPS) is 10.1. The van der Waals surface area contributed by atoms with Gasteiger partial charge in [-0.1, -0.05) is 0 Å². The monoisotopic (exact) mass is 212 g/mol. The molecule has 0 aromatic heterocycles. The minimum absolute atomic E-state index is 0.0918. The summed E-state index contributed by atoms with van der Waals surface area (Å²) in [6.07, 6.45) is 0.654. The first kappa shape index (κ1) is 11.7. The first-order valence-corrected chi connectivity index (χ1v) is 4.62. The first-order chi connectivity index (χ1) is 7.22. The highest BCUT2D eigenvalue weighted by Gasteiger charge is 2.11. The van der Waals surface area contributed by atoms with E-state index < -0.39 is 5.82 Å². The fraction of sp³-hybridized carbons (Fsp3) is 0.364. The van der Waals surface area contributed by atoms with Crippen molar-refractivity contribution in [3.63, 3.8) is 0 Å². The number of methoxy groups -OCH3 is 1. The van der Waals surface area contributed by atoms with E-state index in [1.54, 1.807) is 6.92 Å². The van der Waals surface area contributed by atoms with E-state index in [9.17, 15) is 9.18 Å². The van der Waals surface area contributed by atoms with E-state index in [4.69, 9.17) is 9.47 Å². The Morgan fingerprint density at radius 1 is 1.47 bits per heavy atom. The summed E-state index contributed by atoms with van der Waals surface area (Å²) in [6.45, 7) is 2.22. The highest BCUT2D eigenvalue weighted by molar-refractivity contribution is 5.76. The van der Waals surface area contributed by atoms with Crippen LogP contribution in [-0.2, 0) is 11.3 Å². The lowest BCUT2D eigenvalue weighted by molar-refractivity contribution is 0.112. The molecule has 0 atom stereocenters. The Kier molecular flexibility index (Phi) is 4.24. The quantitative estimate of drug-likeness (QED) is 0.702. The lowest BCUT2D eigenvalue weighted by Gasteiger charge is -2.09. The van der Waals surface area contributed by atoms with Gasteiger partial charge in [-0.3, -0.25) is 4.79 Å². The maximum Gasteiger partial charge on any atom is 0.170 e. The summed E-state index contributed by atoms with van der Waals surface area (Å²) in [6, 6.07) is 2.83. The number of benzene rings is 1. The van der Waals surface area contributed by atoms with Crippen LogP contribution in [-0.4, -0.2) is 20.0 Å². The molecule has 0 spiro atoms. The number of hydrogen-bond acceptors (Lipinski definition) is 3. The van der Waals surface area contributed by atoms with Crippen molar-refractivity contribution in [3.8, 4) is 5.75 Å². The van der Waals surface area contributed by atoms with Gasteiger partial charge in [0.1, 0.15) is 6.29 Å². The van der Waals surface area contributed by atoms with Crippen LogP contribution in [0.4, 0.5) is 4.39 Å². The third kappa shape index (κ3) is 2.76. The van der Waals surface area contributed by atoms with Crippen molar-refractivity contribution in [2.45, 2.75) is 13.5 Å². The third-order valence-corrected chi connectivity index (χ3v) is 1.87. The molecule has 0 saturated heterocycles. The molecule has 1 rings (SSSR count). The predicted molar refractivity (Wildman–Crippen MR) is 53.7 cm³/mol. The van der Waals surface area contributed by atoms with Crippen LogP contribution in [0.1, 0.15) is 22.8 Å². The van der Waals surface area contributed by atoms with Crippen molar-refractivity contribution >= 4 is 6.29 Å². The lowest BCUT2D eigenvalue weighted by atomic mass is 10.1. The van der Waals surface area contributed by atoms with Gasteiger partial charge in [0.05, 0.1) is 13.2 Å². The van der Waals surface area contributed by atoms with Crippen molar-refractivity contribution in [1.82, 2.24) is 0 Å². The van der Waals surface area contributed by atoms with Crippen LogP contribution in [0.25, 0.3) is 0 Å². The van der Waals surface area contributed by atoms with Crippen molar-refractivity contribution in [3.05, 3.63) is 29.1 Å². The molecule has 0 bridgehead atoms. The smallest absolute Gasteiger partial charge is 0.170 e. The summed E-state index contributed by atoms with van der Waals surface area (Å²) in [5, 5.41) is 0. The second-order valence-electron chi connectivity index (χ2n) is 2.98. The van der Waals surface area contributed by atoms with Gasteiger partial charge >= 0.3 is 0 Å². The lowest BCUT2D eigenvalue weighted by Crippen LogP contribution is -2.01. The minimum atomic E-state index is -0.468. The Bertz CT molecular complexity index is 323. The van der Waals surface area contributed by atoms with Crippen molar-refractivity contribution in [2.24, 2.45) is 0 Å². The second kappa shape index (κ2) is 5.46.